The topological polar surface area (TPSA) is 76.7 Å². The van der Waals surface area contributed by atoms with Crippen molar-refractivity contribution >= 4 is 21.8 Å². The molecule has 1 atom stereocenters. The Morgan fingerprint density at radius 1 is 1.06 bits per heavy atom. The minimum atomic E-state index is -0.241. The first kappa shape index (κ1) is 21.4. The van der Waals surface area contributed by atoms with Crippen LogP contribution >= 0.6 is 15.9 Å². The van der Waals surface area contributed by atoms with Gasteiger partial charge in [0.05, 0.1) is 26.0 Å². The van der Waals surface area contributed by atoms with Crippen LogP contribution in [0.4, 0.5) is 0 Å². The summed E-state index contributed by atoms with van der Waals surface area (Å²) in [5.74, 6) is 1.19. The summed E-state index contributed by atoms with van der Waals surface area (Å²) < 4.78 is 17.0. The van der Waals surface area contributed by atoms with E-state index < -0.39 is 0 Å². The highest BCUT2D eigenvalue weighted by molar-refractivity contribution is 9.10. The van der Waals surface area contributed by atoms with Crippen LogP contribution in [-0.2, 0) is 4.74 Å². The molecule has 3 aromatic rings. The lowest BCUT2D eigenvalue weighted by Gasteiger charge is -2.26. The van der Waals surface area contributed by atoms with Gasteiger partial charge in [-0.1, -0.05) is 28.1 Å². The van der Waals surface area contributed by atoms with Crippen LogP contribution in [0.25, 0.3) is 11.3 Å². The summed E-state index contributed by atoms with van der Waals surface area (Å²) in [5.41, 5.74) is 4.00. The number of nitrogens with zero attached hydrogens (tertiary/aromatic N) is 2. The average molecular weight is 486 g/mol. The molecule has 1 aliphatic rings. The Morgan fingerprint density at radius 3 is 2.48 bits per heavy atom. The third kappa shape index (κ3) is 3.93. The Hall–Kier alpha value is -2.84. The summed E-state index contributed by atoms with van der Waals surface area (Å²) in [6, 6.07) is 13.5. The lowest BCUT2D eigenvalue weighted by Crippen LogP contribution is -2.31. The molecule has 1 aliphatic heterocycles. The quantitative estimate of drug-likeness (QED) is 0.477. The number of rotatable bonds is 8. The zero-order valence-corrected chi connectivity index (χ0v) is 19.2. The van der Waals surface area contributed by atoms with Gasteiger partial charge in [-0.3, -0.25) is 9.89 Å². The fraction of sp³-hybridized carbons (Fsp3) is 0.304. The zero-order valence-electron chi connectivity index (χ0n) is 17.6. The fourth-order valence-corrected chi connectivity index (χ4v) is 4.27. The highest BCUT2D eigenvalue weighted by atomic mass is 79.9. The number of fused-ring (bicyclic) bond motifs is 1. The molecule has 8 heteroatoms. The molecule has 0 saturated heterocycles. The fourth-order valence-electron chi connectivity index (χ4n) is 4.00. The maximum absolute atomic E-state index is 13.3. The zero-order chi connectivity index (χ0) is 22.0. The van der Waals surface area contributed by atoms with Crippen LogP contribution in [0.2, 0.25) is 0 Å². The Bertz CT molecular complexity index is 1080. The molecule has 1 amide bonds. The molecule has 0 radical (unpaired) electrons. The van der Waals surface area contributed by atoms with Crippen LogP contribution in [0.5, 0.6) is 11.5 Å². The second kappa shape index (κ2) is 9.11. The standard InChI is InChI=1S/C23H24BrN3O4/c1-29-12-4-11-27-22(14-5-8-16(24)9-6-14)19-20(25-26-21(19)23(27)28)15-7-10-17(30-2)18(13-15)31-3/h5-10,13,22H,4,11-12H2,1-3H3,(H,25,26). The van der Waals surface area contributed by atoms with Gasteiger partial charge in [-0.25, -0.2) is 0 Å². The molecule has 162 valence electrons. The number of carbonyl (C=O) groups excluding carboxylic acids is 1. The highest BCUT2D eigenvalue weighted by Crippen LogP contribution is 2.44. The van der Waals surface area contributed by atoms with Gasteiger partial charge < -0.3 is 19.1 Å². The summed E-state index contributed by atoms with van der Waals surface area (Å²) in [6.45, 7) is 1.17. The van der Waals surface area contributed by atoms with E-state index in [9.17, 15) is 4.79 Å². The number of benzene rings is 2. The number of ether oxygens (including phenoxy) is 3. The summed E-state index contributed by atoms with van der Waals surface area (Å²) >= 11 is 3.50. The van der Waals surface area contributed by atoms with Gasteiger partial charge in [-0.2, -0.15) is 5.10 Å². The number of nitrogens with one attached hydrogen (secondary N) is 1. The van der Waals surface area contributed by atoms with E-state index in [4.69, 9.17) is 14.2 Å². The number of hydrogen-bond acceptors (Lipinski definition) is 5. The molecule has 2 heterocycles. The molecule has 0 spiro atoms. The Morgan fingerprint density at radius 2 is 1.81 bits per heavy atom. The van der Waals surface area contributed by atoms with E-state index in [1.165, 1.54) is 0 Å². The molecule has 31 heavy (non-hydrogen) atoms. The summed E-state index contributed by atoms with van der Waals surface area (Å²) in [4.78, 5) is 15.2. The van der Waals surface area contributed by atoms with Crippen molar-refractivity contribution in [3.8, 4) is 22.8 Å². The second-order valence-corrected chi connectivity index (χ2v) is 8.15. The van der Waals surface area contributed by atoms with Crippen LogP contribution < -0.4 is 9.47 Å². The van der Waals surface area contributed by atoms with Crippen molar-refractivity contribution in [2.45, 2.75) is 12.5 Å². The molecule has 1 unspecified atom stereocenters. The van der Waals surface area contributed by atoms with E-state index in [0.29, 0.717) is 30.3 Å². The molecule has 0 bridgehead atoms. The lowest BCUT2D eigenvalue weighted by atomic mass is 9.96. The smallest absolute Gasteiger partial charge is 0.273 e. The molecule has 7 nitrogen and oxygen atoms in total. The molecule has 0 saturated carbocycles. The van der Waals surface area contributed by atoms with Gasteiger partial charge in [-0.05, 0) is 42.3 Å². The van der Waals surface area contributed by atoms with Gasteiger partial charge in [0.25, 0.3) is 5.91 Å². The summed E-state index contributed by atoms with van der Waals surface area (Å²) in [5, 5.41) is 7.49. The number of aromatic nitrogens is 2. The maximum atomic E-state index is 13.3. The lowest BCUT2D eigenvalue weighted by molar-refractivity contribution is 0.0723. The van der Waals surface area contributed by atoms with Gasteiger partial charge in [-0.15, -0.1) is 0 Å². The van der Waals surface area contributed by atoms with Crippen molar-refractivity contribution in [3.63, 3.8) is 0 Å². The number of aromatic amines is 1. The molecule has 0 fully saturated rings. The highest BCUT2D eigenvalue weighted by Gasteiger charge is 2.41. The average Bonchev–Trinajstić information content (AvgIpc) is 3.33. The SMILES string of the molecule is COCCCN1C(=O)c2[nH]nc(-c3ccc(OC)c(OC)c3)c2C1c1ccc(Br)cc1. The van der Waals surface area contributed by atoms with Crippen LogP contribution in [0.3, 0.4) is 0 Å². The van der Waals surface area contributed by atoms with Crippen molar-refractivity contribution in [1.82, 2.24) is 15.1 Å². The normalized spacial score (nSPS) is 15.3. The van der Waals surface area contributed by atoms with Gasteiger partial charge in [0, 0.05) is 35.9 Å². The number of carbonyl (C=O) groups is 1. The third-order valence-corrected chi connectivity index (χ3v) is 5.98. The predicted octanol–water partition coefficient (Wildman–Crippen LogP) is 4.44. The van der Waals surface area contributed by atoms with Crippen molar-refractivity contribution in [2.24, 2.45) is 0 Å². The minimum absolute atomic E-state index is 0.0572. The predicted molar refractivity (Wildman–Crippen MR) is 121 cm³/mol. The first-order valence-electron chi connectivity index (χ1n) is 9.95. The van der Waals surface area contributed by atoms with Gasteiger partial charge in [0.15, 0.2) is 11.5 Å². The maximum Gasteiger partial charge on any atom is 0.273 e. The van der Waals surface area contributed by atoms with Gasteiger partial charge in [0.1, 0.15) is 5.69 Å². The number of amides is 1. The minimum Gasteiger partial charge on any atom is -0.493 e. The number of methoxy groups -OCH3 is 3. The molecule has 4 rings (SSSR count). The van der Waals surface area contributed by atoms with Crippen molar-refractivity contribution in [2.75, 3.05) is 34.5 Å². The Labute approximate surface area is 189 Å². The van der Waals surface area contributed by atoms with Crippen LogP contribution in [-0.4, -0.2) is 55.5 Å². The molecule has 0 aliphatic carbocycles. The van der Waals surface area contributed by atoms with E-state index in [2.05, 4.69) is 26.1 Å². The summed E-state index contributed by atoms with van der Waals surface area (Å²) in [7, 11) is 4.87. The van der Waals surface area contributed by atoms with Crippen LogP contribution in [0, 0.1) is 0 Å². The summed E-state index contributed by atoms with van der Waals surface area (Å²) in [6.07, 6.45) is 0.749. The largest absolute Gasteiger partial charge is 0.493 e. The number of hydrogen-bond donors (Lipinski definition) is 1. The number of H-pyrrole nitrogens is 1. The van der Waals surface area contributed by atoms with Gasteiger partial charge in [0.2, 0.25) is 0 Å². The van der Waals surface area contributed by atoms with Crippen molar-refractivity contribution < 1.29 is 19.0 Å². The molecular formula is C23H24BrN3O4. The Kier molecular flexibility index (Phi) is 6.29. The van der Waals surface area contributed by atoms with Crippen molar-refractivity contribution in [1.29, 1.82) is 0 Å². The molecule has 1 N–H and O–H groups in total. The Balaban J connectivity index is 1.82. The van der Waals surface area contributed by atoms with Crippen LogP contribution in [0.15, 0.2) is 46.9 Å². The van der Waals surface area contributed by atoms with E-state index in [0.717, 1.165) is 33.3 Å². The van der Waals surface area contributed by atoms with Gasteiger partial charge >= 0.3 is 0 Å². The monoisotopic (exact) mass is 485 g/mol. The van der Waals surface area contributed by atoms with Crippen LogP contribution in [0.1, 0.15) is 34.1 Å². The van der Waals surface area contributed by atoms with E-state index in [1.807, 2.05) is 47.4 Å². The van der Waals surface area contributed by atoms with E-state index in [1.54, 1.807) is 21.3 Å². The molecule has 1 aromatic heterocycles. The first-order chi connectivity index (χ1) is 15.1. The van der Waals surface area contributed by atoms with E-state index >= 15 is 0 Å². The first-order valence-corrected chi connectivity index (χ1v) is 10.7. The third-order valence-electron chi connectivity index (χ3n) is 5.45. The van der Waals surface area contributed by atoms with Crippen molar-refractivity contribution in [3.05, 3.63) is 63.8 Å². The molecular weight excluding hydrogens is 462 g/mol. The second-order valence-electron chi connectivity index (χ2n) is 7.23. The number of halogens is 1. The van der Waals surface area contributed by atoms with E-state index in [-0.39, 0.29) is 11.9 Å². The molecule has 2 aromatic carbocycles.